The van der Waals surface area contributed by atoms with Gasteiger partial charge in [-0.1, -0.05) is 0 Å². The normalized spacial score (nSPS) is 20.8. The molecule has 10 heteroatoms. The van der Waals surface area contributed by atoms with Gasteiger partial charge in [-0.25, -0.2) is 13.4 Å². The lowest BCUT2D eigenvalue weighted by Gasteiger charge is -2.23. The number of rotatable bonds is 4. The van der Waals surface area contributed by atoms with Crippen molar-refractivity contribution in [1.82, 2.24) is 9.97 Å². The lowest BCUT2D eigenvalue weighted by Crippen LogP contribution is -2.35. The van der Waals surface area contributed by atoms with Crippen molar-refractivity contribution in [3.05, 3.63) is 15.8 Å². The second kappa shape index (κ2) is 5.80. The van der Waals surface area contributed by atoms with Crippen LogP contribution < -0.4 is 10.6 Å². The summed E-state index contributed by atoms with van der Waals surface area (Å²) in [6, 6.07) is -0.374. The average Bonchev–Trinajstić information content (AvgIpc) is 2.36. The molecule has 0 radical (unpaired) electrons. The lowest BCUT2D eigenvalue weighted by atomic mass is 10.2. The number of nitrogens with zero attached hydrogens (tertiary/aromatic N) is 3. The predicted molar refractivity (Wildman–Crippen MR) is 78.3 cm³/mol. The van der Waals surface area contributed by atoms with Gasteiger partial charge in [-0.2, -0.15) is 4.98 Å². The van der Waals surface area contributed by atoms with Crippen molar-refractivity contribution in [2.45, 2.75) is 25.8 Å². The number of nitrogens with one attached hydrogen (secondary N) is 2. The molecule has 1 unspecified atom stereocenters. The molecule has 1 saturated heterocycles. The Morgan fingerprint density at radius 3 is 2.67 bits per heavy atom. The van der Waals surface area contributed by atoms with Crippen molar-refractivity contribution in [2.75, 3.05) is 29.2 Å². The van der Waals surface area contributed by atoms with Gasteiger partial charge in [-0.3, -0.25) is 10.1 Å². The molecule has 0 aromatic carbocycles. The van der Waals surface area contributed by atoms with Crippen LogP contribution in [-0.4, -0.2) is 47.9 Å². The molecule has 2 rings (SSSR count). The van der Waals surface area contributed by atoms with Crippen LogP contribution in [0.2, 0.25) is 0 Å². The van der Waals surface area contributed by atoms with Crippen molar-refractivity contribution in [2.24, 2.45) is 0 Å². The zero-order valence-electron chi connectivity index (χ0n) is 11.8. The average molecular weight is 315 g/mol. The van der Waals surface area contributed by atoms with Crippen LogP contribution in [0.25, 0.3) is 0 Å². The summed E-state index contributed by atoms with van der Waals surface area (Å²) in [7, 11) is -1.50. The summed E-state index contributed by atoms with van der Waals surface area (Å²) in [5.41, 5.74) is -0.00233. The summed E-state index contributed by atoms with van der Waals surface area (Å²) in [6.07, 6.45) is 1.17. The van der Waals surface area contributed by atoms with Crippen LogP contribution in [0.4, 0.5) is 17.5 Å². The van der Waals surface area contributed by atoms with Crippen molar-refractivity contribution in [3.8, 4) is 0 Å². The fraction of sp³-hybridized carbons (Fsp3) is 0.636. The number of aryl methyl sites for hydroxylation is 1. The van der Waals surface area contributed by atoms with Gasteiger partial charge in [0.1, 0.15) is 5.69 Å². The third-order valence-corrected chi connectivity index (χ3v) is 5.09. The minimum Gasteiger partial charge on any atom is -0.360 e. The van der Waals surface area contributed by atoms with Crippen molar-refractivity contribution < 1.29 is 13.3 Å². The zero-order chi connectivity index (χ0) is 15.6. The van der Waals surface area contributed by atoms with E-state index in [2.05, 4.69) is 20.6 Å². The minimum absolute atomic E-state index is 0.0396. The molecule has 2 heterocycles. The Kier molecular flexibility index (Phi) is 4.26. The number of aromatic nitrogens is 2. The summed E-state index contributed by atoms with van der Waals surface area (Å²) in [4.78, 5) is 18.6. The molecular formula is C11H17N5O4S. The summed E-state index contributed by atoms with van der Waals surface area (Å²) >= 11 is 0. The monoisotopic (exact) mass is 315 g/mol. The van der Waals surface area contributed by atoms with E-state index in [-0.39, 0.29) is 40.7 Å². The second-order valence-electron chi connectivity index (χ2n) is 4.93. The van der Waals surface area contributed by atoms with Crippen LogP contribution in [0.1, 0.15) is 18.5 Å². The first-order chi connectivity index (χ1) is 9.82. The molecule has 1 aromatic heterocycles. The van der Waals surface area contributed by atoms with Crippen LogP contribution in [0, 0.1) is 17.0 Å². The molecule has 1 aliphatic rings. The lowest BCUT2D eigenvalue weighted by molar-refractivity contribution is -0.385. The standard InChI is InChI=1S/C11H17N5O4S/c1-7-9(16(17)18)10(15-11(12-2)13-7)14-8-4-3-5-21(19,20)6-8/h8H,3-6H2,1-2H3,(H2,12,13,14,15). The molecule has 0 aliphatic carbocycles. The van der Waals surface area contributed by atoms with E-state index in [1.807, 2.05) is 0 Å². The molecule has 2 N–H and O–H groups in total. The molecule has 0 bridgehead atoms. The van der Waals surface area contributed by atoms with Gasteiger partial charge in [0.15, 0.2) is 9.84 Å². The summed E-state index contributed by atoms with van der Waals surface area (Å²) in [5, 5.41) is 16.8. The molecule has 1 fully saturated rings. The third-order valence-electron chi connectivity index (χ3n) is 3.27. The maximum atomic E-state index is 11.6. The first-order valence-corrected chi connectivity index (χ1v) is 8.32. The van der Waals surface area contributed by atoms with E-state index in [1.165, 1.54) is 6.92 Å². The molecule has 1 aromatic rings. The zero-order valence-corrected chi connectivity index (χ0v) is 12.6. The van der Waals surface area contributed by atoms with E-state index in [9.17, 15) is 18.5 Å². The van der Waals surface area contributed by atoms with Gasteiger partial charge in [-0.15, -0.1) is 0 Å². The summed E-state index contributed by atoms with van der Waals surface area (Å²) in [6.45, 7) is 1.52. The number of hydrogen-bond donors (Lipinski definition) is 2. The van der Waals surface area contributed by atoms with Crippen LogP contribution in [0.5, 0.6) is 0 Å². The Labute approximate surface area is 122 Å². The van der Waals surface area contributed by atoms with Crippen LogP contribution >= 0.6 is 0 Å². The van der Waals surface area contributed by atoms with Crippen molar-refractivity contribution in [3.63, 3.8) is 0 Å². The van der Waals surface area contributed by atoms with Gasteiger partial charge >= 0.3 is 5.69 Å². The molecule has 21 heavy (non-hydrogen) atoms. The molecule has 9 nitrogen and oxygen atoms in total. The molecule has 116 valence electrons. The summed E-state index contributed by atoms with van der Waals surface area (Å²) < 4.78 is 23.3. The van der Waals surface area contributed by atoms with E-state index in [1.54, 1.807) is 7.05 Å². The second-order valence-corrected chi connectivity index (χ2v) is 7.16. The van der Waals surface area contributed by atoms with Gasteiger partial charge in [0.2, 0.25) is 11.8 Å². The third kappa shape index (κ3) is 3.57. The van der Waals surface area contributed by atoms with Crippen LogP contribution in [-0.2, 0) is 9.84 Å². The van der Waals surface area contributed by atoms with Crippen LogP contribution in [0.3, 0.4) is 0 Å². The molecule has 1 aliphatic heterocycles. The van der Waals surface area contributed by atoms with Gasteiger partial charge in [-0.05, 0) is 19.8 Å². The molecule has 0 spiro atoms. The highest BCUT2D eigenvalue weighted by atomic mass is 32.2. The maximum Gasteiger partial charge on any atom is 0.332 e. The van der Waals surface area contributed by atoms with E-state index < -0.39 is 14.8 Å². The van der Waals surface area contributed by atoms with Gasteiger partial charge in [0, 0.05) is 13.1 Å². The Balaban J connectivity index is 2.34. The highest BCUT2D eigenvalue weighted by molar-refractivity contribution is 7.91. The number of anilines is 2. The Morgan fingerprint density at radius 1 is 1.38 bits per heavy atom. The molecule has 0 saturated carbocycles. The number of hydrogen-bond acceptors (Lipinski definition) is 8. The van der Waals surface area contributed by atoms with E-state index in [4.69, 9.17) is 0 Å². The van der Waals surface area contributed by atoms with Gasteiger partial charge in [0.05, 0.1) is 16.4 Å². The Morgan fingerprint density at radius 2 is 2.10 bits per heavy atom. The topological polar surface area (TPSA) is 127 Å². The highest BCUT2D eigenvalue weighted by Gasteiger charge is 2.29. The van der Waals surface area contributed by atoms with Gasteiger partial charge < -0.3 is 10.6 Å². The summed E-state index contributed by atoms with van der Waals surface area (Å²) in [5.74, 6) is 0.429. The van der Waals surface area contributed by atoms with E-state index in [0.717, 1.165) is 0 Å². The Bertz CT molecular complexity index is 661. The quantitative estimate of drug-likeness (QED) is 0.614. The number of nitro groups is 1. The first kappa shape index (κ1) is 15.4. The number of sulfone groups is 1. The predicted octanol–water partition coefficient (Wildman–Crippen LogP) is 0.724. The molecule has 0 amide bonds. The fourth-order valence-corrected chi connectivity index (χ4v) is 3.96. The highest BCUT2D eigenvalue weighted by Crippen LogP contribution is 2.28. The molecular weight excluding hydrogens is 298 g/mol. The van der Waals surface area contributed by atoms with Crippen molar-refractivity contribution in [1.29, 1.82) is 0 Å². The minimum atomic E-state index is -3.10. The molecule has 1 atom stereocenters. The Hall–Kier alpha value is -1.97. The maximum absolute atomic E-state index is 11.6. The van der Waals surface area contributed by atoms with Crippen LogP contribution in [0.15, 0.2) is 0 Å². The smallest absolute Gasteiger partial charge is 0.332 e. The fourth-order valence-electron chi connectivity index (χ4n) is 2.33. The van der Waals surface area contributed by atoms with E-state index >= 15 is 0 Å². The van der Waals surface area contributed by atoms with E-state index in [0.29, 0.717) is 12.8 Å². The van der Waals surface area contributed by atoms with Gasteiger partial charge in [0.25, 0.3) is 0 Å². The largest absolute Gasteiger partial charge is 0.360 e. The SMILES string of the molecule is CNc1nc(C)c([N+](=O)[O-])c(NC2CCCS(=O)(=O)C2)n1. The van der Waals surface area contributed by atoms with Crippen molar-refractivity contribution >= 4 is 27.3 Å². The first-order valence-electron chi connectivity index (χ1n) is 6.50.